The Hall–Kier alpha value is -0.570. The van der Waals surface area contributed by atoms with Gasteiger partial charge in [0.05, 0.1) is 25.2 Å². The van der Waals surface area contributed by atoms with E-state index in [1.807, 2.05) is 13.8 Å². The summed E-state index contributed by atoms with van der Waals surface area (Å²) in [4.78, 5) is 10.9. The Morgan fingerprint density at radius 1 is 1.73 bits per heavy atom. The molecule has 1 rings (SSSR count). The number of esters is 1. The van der Waals surface area contributed by atoms with Gasteiger partial charge in [0.25, 0.3) is 0 Å². The summed E-state index contributed by atoms with van der Waals surface area (Å²) in [7, 11) is 0. The lowest BCUT2D eigenvalue weighted by Crippen LogP contribution is -2.13. The van der Waals surface area contributed by atoms with Crippen LogP contribution in [0, 0.1) is 5.92 Å². The number of epoxide rings is 1. The minimum absolute atomic E-state index is 0.0184. The third-order valence-corrected chi connectivity index (χ3v) is 1.56. The monoisotopic (exact) mass is 158 g/mol. The van der Waals surface area contributed by atoms with Gasteiger partial charge in [-0.1, -0.05) is 13.8 Å². The number of rotatable bonds is 4. The molecule has 0 spiro atoms. The molecule has 0 aliphatic carbocycles. The van der Waals surface area contributed by atoms with Crippen molar-refractivity contribution in [3.05, 3.63) is 0 Å². The highest BCUT2D eigenvalue weighted by atomic mass is 16.6. The molecule has 0 bridgehead atoms. The zero-order valence-corrected chi connectivity index (χ0v) is 7.00. The van der Waals surface area contributed by atoms with Crippen LogP contribution in [0.2, 0.25) is 0 Å². The fourth-order valence-corrected chi connectivity index (χ4v) is 0.692. The summed E-state index contributed by atoms with van der Waals surface area (Å²) < 4.78 is 9.89. The maximum absolute atomic E-state index is 10.9. The highest BCUT2D eigenvalue weighted by Gasteiger charge is 2.22. The summed E-state index contributed by atoms with van der Waals surface area (Å²) in [5, 5.41) is 0. The Bertz CT molecular complexity index is 138. The molecule has 3 nitrogen and oxygen atoms in total. The smallest absolute Gasteiger partial charge is 0.308 e. The van der Waals surface area contributed by atoms with Gasteiger partial charge in [-0.15, -0.1) is 0 Å². The second-order valence-electron chi connectivity index (χ2n) is 3.07. The minimum Gasteiger partial charge on any atom is -0.465 e. The van der Waals surface area contributed by atoms with E-state index in [0.717, 1.165) is 13.0 Å². The first-order valence-corrected chi connectivity index (χ1v) is 3.98. The largest absolute Gasteiger partial charge is 0.465 e. The van der Waals surface area contributed by atoms with Crippen LogP contribution in [-0.4, -0.2) is 25.3 Å². The van der Waals surface area contributed by atoms with Crippen LogP contribution in [0.4, 0.5) is 0 Å². The lowest BCUT2D eigenvalue weighted by molar-refractivity contribution is -0.147. The van der Waals surface area contributed by atoms with Crippen molar-refractivity contribution in [1.29, 1.82) is 0 Å². The summed E-state index contributed by atoms with van der Waals surface area (Å²) in [6.07, 6.45) is 1.20. The normalized spacial score (nSPS) is 21.9. The average Bonchev–Trinajstić information content (AvgIpc) is 2.71. The van der Waals surface area contributed by atoms with Crippen LogP contribution < -0.4 is 0 Å². The Balaban J connectivity index is 1.96. The van der Waals surface area contributed by atoms with Gasteiger partial charge in [-0.25, -0.2) is 0 Å². The zero-order valence-electron chi connectivity index (χ0n) is 7.00. The molecule has 0 aromatic carbocycles. The van der Waals surface area contributed by atoms with Crippen molar-refractivity contribution < 1.29 is 14.3 Å². The molecule has 0 aromatic heterocycles. The third kappa shape index (κ3) is 3.37. The van der Waals surface area contributed by atoms with Crippen LogP contribution in [0.3, 0.4) is 0 Å². The highest BCUT2D eigenvalue weighted by molar-refractivity contribution is 5.71. The first-order valence-electron chi connectivity index (χ1n) is 3.98. The van der Waals surface area contributed by atoms with Gasteiger partial charge in [0.1, 0.15) is 0 Å². The topological polar surface area (TPSA) is 38.8 Å². The van der Waals surface area contributed by atoms with E-state index in [1.165, 1.54) is 0 Å². The van der Waals surface area contributed by atoms with E-state index in [2.05, 4.69) is 0 Å². The maximum atomic E-state index is 10.9. The van der Waals surface area contributed by atoms with Crippen molar-refractivity contribution in [2.24, 2.45) is 5.92 Å². The van der Waals surface area contributed by atoms with Gasteiger partial charge in [-0.2, -0.15) is 0 Å². The molecule has 0 radical (unpaired) electrons. The van der Waals surface area contributed by atoms with Crippen LogP contribution in [-0.2, 0) is 14.3 Å². The summed E-state index contributed by atoms with van der Waals surface area (Å²) >= 11 is 0. The van der Waals surface area contributed by atoms with Crippen molar-refractivity contribution in [2.45, 2.75) is 26.4 Å². The van der Waals surface area contributed by atoms with Gasteiger partial charge in [-0.3, -0.25) is 4.79 Å². The molecular weight excluding hydrogens is 144 g/mol. The number of hydrogen-bond donors (Lipinski definition) is 0. The molecule has 1 heterocycles. The number of hydrogen-bond acceptors (Lipinski definition) is 3. The second-order valence-corrected chi connectivity index (χ2v) is 3.07. The number of ether oxygens (including phenoxy) is 2. The van der Waals surface area contributed by atoms with E-state index in [0.29, 0.717) is 12.7 Å². The summed E-state index contributed by atoms with van der Waals surface area (Å²) in [6.45, 7) is 4.99. The molecule has 0 amide bonds. The summed E-state index contributed by atoms with van der Waals surface area (Å²) in [6, 6.07) is 0. The fourth-order valence-electron chi connectivity index (χ4n) is 0.692. The van der Waals surface area contributed by atoms with E-state index < -0.39 is 0 Å². The van der Waals surface area contributed by atoms with E-state index >= 15 is 0 Å². The van der Waals surface area contributed by atoms with E-state index in [1.54, 1.807) is 0 Å². The molecule has 1 unspecified atom stereocenters. The second kappa shape index (κ2) is 3.72. The van der Waals surface area contributed by atoms with Gasteiger partial charge in [0, 0.05) is 6.42 Å². The van der Waals surface area contributed by atoms with Crippen molar-refractivity contribution in [3.63, 3.8) is 0 Å². The Morgan fingerprint density at radius 3 is 2.82 bits per heavy atom. The Kier molecular flexibility index (Phi) is 2.88. The van der Waals surface area contributed by atoms with Crippen LogP contribution >= 0.6 is 0 Å². The standard InChI is InChI=1S/C8H14O3/c1-6(2)8(9)10-4-3-7-5-11-7/h6-7H,3-5H2,1-2H3. The van der Waals surface area contributed by atoms with Crippen LogP contribution in [0.15, 0.2) is 0 Å². The molecule has 1 aliphatic rings. The first-order chi connectivity index (χ1) is 5.20. The molecular formula is C8H14O3. The van der Waals surface area contributed by atoms with Gasteiger partial charge in [-0.05, 0) is 0 Å². The van der Waals surface area contributed by atoms with Crippen LogP contribution in [0.5, 0.6) is 0 Å². The molecule has 0 N–H and O–H groups in total. The Labute approximate surface area is 66.7 Å². The van der Waals surface area contributed by atoms with Gasteiger partial charge in [0.15, 0.2) is 0 Å². The number of carbonyl (C=O) groups excluding carboxylic acids is 1. The lowest BCUT2D eigenvalue weighted by Gasteiger charge is -2.04. The minimum atomic E-state index is -0.120. The number of carbonyl (C=O) groups is 1. The third-order valence-electron chi connectivity index (χ3n) is 1.56. The quantitative estimate of drug-likeness (QED) is 0.452. The first kappa shape index (κ1) is 8.53. The summed E-state index contributed by atoms with van der Waals surface area (Å²) in [5.41, 5.74) is 0. The molecule has 0 saturated carbocycles. The van der Waals surface area contributed by atoms with Gasteiger partial charge >= 0.3 is 5.97 Å². The molecule has 0 aromatic rings. The molecule has 1 fully saturated rings. The maximum Gasteiger partial charge on any atom is 0.308 e. The molecule has 3 heteroatoms. The molecule has 64 valence electrons. The lowest BCUT2D eigenvalue weighted by atomic mass is 10.2. The molecule has 1 aliphatic heterocycles. The zero-order chi connectivity index (χ0) is 8.27. The summed E-state index contributed by atoms with van der Waals surface area (Å²) in [5.74, 6) is -0.138. The van der Waals surface area contributed by atoms with Crippen molar-refractivity contribution in [3.8, 4) is 0 Å². The predicted molar refractivity (Wildman–Crippen MR) is 40.2 cm³/mol. The Morgan fingerprint density at radius 2 is 2.36 bits per heavy atom. The fraction of sp³-hybridized carbons (Fsp3) is 0.875. The van der Waals surface area contributed by atoms with Crippen LogP contribution in [0.1, 0.15) is 20.3 Å². The van der Waals surface area contributed by atoms with E-state index in [9.17, 15) is 4.79 Å². The average molecular weight is 158 g/mol. The van der Waals surface area contributed by atoms with Gasteiger partial charge in [0.2, 0.25) is 0 Å². The van der Waals surface area contributed by atoms with E-state index in [4.69, 9.17) is 9.47 Å². The molecule has 1 saturated heterocycles. The van der Waals surface area contributed by atoms with Crippen LogP contribution in [0.25, 0.3) is 0 Å². The van der Waals surface area contributed by atoms with Crippen molar-refractivity contribution in [1.82, 2.24) is 0 Å². The highest BCUT2D eigenvalue weighted by Crippen LogP contribution is 2.13. The predicted octanol–water partition coefficient (Wildman–Crippen LogP) is 0.975. The molecule has 1 atom stereocenters. The molecule has 11 heavy (non-hydrogen) atoms. The van der Waals surface area contributed by atoms with Crippen molar-refractivity contribution in [2.75, 3.05) is 13.2 Å². The van der Waals surface area contributed by atoms with Gasteiger partial charge < -0.3 is 9.47 Å². The van der Waals surface area contributed by atoms with Crippen molar-refractivity contribution >= 4 is 5.97 Å². The SMILES string of the molecule is CC(C)C(=O)OCCC1CO1. The van der Waals surface area contributed by atoms with E-state index in [-0.39, 0.29) is 11.9 Å².